The van der Waals surface area contributed by atoms with Crippen LogP contribution in [0.3, 0.4) is 0 Å². The lowest BCUT2D eigenvalue weighted by Gasteiger charge is -1.95. The first-order valence-corrected chi connectivity index (χ1v) is 5.98. The summed E-state index contributed by atoms with van der Waals surface area (Å²) < 4.78 is 5.09. The average molecular weight is 252 g/mol. The summed E-state index contributed by atoms with van der Waals surface area (Å²) in [7, 11) is 0. The van der Waals surface area contributed by atoms with Crippen LogP contribution >= 0.6 is 11.3 Å². The van der Waals surface area contributed by atoms with Crippen LogP contribution in [0.25, 0.3) is 0 Å². The predicted octanol–water partition coefficient (Wildman–Crippen LogP) is 3.05. The van der Waals surface area contributed by atoms with E-state index in [9.17, 15) is 4.79 Å². The van der Waals surface area contributed by atoms with Crippen LogP contribution in [-0.2, 0) is 6.42 Å². The average Bonchev–Trinajstić information content (AvgIpc) is 2.86. The Labute approximate surface area is 102 Å². The van der Waals surface area contributed by atoms with Crippen LogP contribution in [0, 0.1) is 6.92 Å². The number of rotatable bonds is 4. The molecule has 0 amide bonds. The van der Waals surface area contributed by atoms with Crippen molar-refractivity contribution in [2.75, 3.05) is 5.32 Å². The maximum absolute atomic E-state index is 10.6. The normalized spacial score (nSPS) is 10.5. The van der Waals surface area contributed by atoms with Crippen LogP contribution in [-0.4, -0.2) is 16.1 Å². The standard InChI is InChI=1S/C11H12N2O3S/c1-3-7-6(2)17-11(12-7)13-9-5-4-8(16-9)10(14)15/h4-5H,3H2,1-2H3,(H,12,13)(H,14,15). The fraction of sp³-hybridized carbons (Fsp3) is 0.273. The van der Waals surface area contributed by atoms with Crippen LogP contribution < -0.4 is 5.32 Å². The SMILES string of the molecule is CCc1nc(Nc2ccc(C(=O)O)o2)sc1C. The first-order chi connectivity index (χ1) is 8.10. The summed E-state index contributed by atoms with van der Waals surface area (Å²) in [4.78, 5) is 16.2. The van der Waals surface area contributed by atoms with Crippen molar-refractivity contribution in [2.24, 2.45) is 0 Å². The zero-order chi connectivity index (χ0) is 12.4. The Morgan fingerprint density at radius 2 is 2.35 bits per heavy atom. The summed E-state index contributed by atoms with van der Waals surface area (Å²) in [5.41, 5.74) is 1.04. The van der Waals surface area contributed by atoms with Gasteiger partial charge in [-0.15, -0.1) is 11.3 Å². The molecule has 0 atom stereocenters. The summed E-state index contributed by atoms with van der Waals surface area (Å²) in [6.07, 6.45) is 0.878. The number of hydrogen-bond acceptors (Lipinski definition) is 5. The molecule has 0 bridgehead atoms. The van der Waals surface area contributed by atoms with Gasteiger partial charge in [-0.3, -0.25) is 0 Å². The van der Waals surface area contributed by atoms with Crippen molar-refractivity contribution in [3.05, 3.63) is 28.5 Å². The van der Waals surface area contributed by atoms with Crippen molar-refractivity contribution >= 4 is 28.3 Å². The number of aryl methyl sites for hydroxylation is 2. The number of carboxylic acids is 1. The molecule has 2 rings (SSSR count). The van der Waals surface area contributed by atoms with Crippen molar-refractivity contribution in [2.45, 2.75) is 20.3 Å². The van der Waals surface area contributed by atoms with Gasteiger partial charge >= 0.3 is 5.97 Å². The molecule has 5 nitrogen and oxygen atoms in total. The summed E-state index contributed by atoms with van der Waals surface area (Å²) in [6, 6.07) is 2.98. The van der Waals surface area contributed by atoms with Gasteiger partial charge in [0.2, 0.25) is 5.76 Å². The van der Waals surface area contributed by atoms with Crippen LogP contribution in [0.15, 0.2) is 16.5 Å². The van der Waals surface area contributed by atoms with Gasteiger partial charge in [-0.25, -0.2) is 9.78 Å². The number of aromatic nitrogens is 1. The van der Waals surface area contributed by atoms with Crippen molar-refractivity contribution in [3.8, 4) is 0 Å². The van der Waals surface area contributed by atoms with Crippen LogP contribution in [0.4, 0.5) is 11.0 Å². The van der Waals surface area contributed by atoms with Crippen LogP contribution in [0.2, 0.25) is 0 Å². The van der Waals surface area contributed by atoms with Gasteiger partial charge < -0.3 is 14.8 Å². The number of carbonyl (C=O) groups is 1. The second kappa shape index (κ2) is 4.58. The summed E-state index contributed by atoms with van der Waals surface area (Å²) >= 11 is 1.52. The Balaban J connectivity index is 2.16. The maximum Gasteiger partial charge on any atom is 0.371 e. The Morgan fingerprint density at radius 1 is 1.59 bits per heavy atom. The van der Waals surface area contributed by atoms with Crippen molar-refractivity contribution < 1.29 is 14.3 Å². The molecule has 90 valence electrons. The van der Waals surface area contributed by atoms with Gasteiger partial charge in [-0.2, -0.15) is 0 Å². The van der Waals surface area contributed by atoms with Gasteiger partial charge in [0.1, 0.15) is 0 Å². The quantitative estimate of drug-likeness (QED) is 0.874. The fourth-order valence-electron chi connectivity index (χ4n) is 1.43. The fourth-order valence-corrected chi connectivity index (χ4v) is 2.34. The number of carboxylic acid groups (broad SMARTS) is 1. The third kappa shape index (κ3) is 2.47. The number of thiazole rings is 1. The molecular weight excluding hydrogens is 240 g/mol. The molecular formula is C11H12N2O3S. The van der Waals surface area contributed by atoms with E-state index in [0.29, 0.717) is 11.0 Å². The zero-order valence-corrected chi connectivity index (χ0v) is 10.3. The van der Waals surface area contributed by atoms with Crippen LogP contribution in [0.5, 0.6) is 0 Å². The molecule has 0 radical (unpaired) electrons. The number of furan rings is 1. The highest BCUT2D eigenvalue weighted by atomic mass is 32.1. The first kappa shape index (κ1) is 11.7. The minimum Gasteiger partial charge on any atom is -0.475 e. The molecule has 2 aromatic rings. The van der Waals surface area contributed by atoms with E-state index in [1.165, 1.54) is 17.4 Å². The number of nitrogens with one attached hydrogen (secondary N) is 1. The van der Waals surface area contributed by atoms with E-state index in [2.05, 4.69) is 10.3 Å². The Kier molecular flexibility index (Phi) is 3.14. The van der Waals surface area contributed by atoms with E-state index in [4.69, 9.17) is 9.52 Å². The van der Waals surface area contributed by atoms with Gasteiger partial charge in [-0.05, 0) is 19.4 Å². The lowest BCUT2D eigenvalue weighted by Crippen LogP contribution is -1.92. The second-order valence-electron chi connectivity index (χ2n) is 3.47. The molecule has 0 aromatic carbocycles. The van der Waals surface area contributed by atoms with E-state index in [1.807, 2.05) is 13.8 Å². The van der Waals surface area contributed by atoms with Gasteiger partial charge in [0.15, 0.2) is 11.0 Å². The minimum atomic E-state index is -1.08. The smallest absolute Gasteiger partial charge is 0.371 e. The molecule has 0 aliphatic carbocycles. The van der Waals surface area contributed by atoms with Gasteiger partial charge in [0.05, 0.1) is 5.69 Å². The van der Waals surface area contributed by atoms with E-state index in [0.717, 1.165) is 17.0 Å². The van der Waals surface area contributed by atoms with Gasteiger partial charge in [-0.1, -0.05) is 6.92 Å². The molecule has 2 heterocycles. The lowest BCUT2D eigenvalue weighted by molar-refractivity contribution is 0.0663. The third-order valence-corrected chi connectivity index (χ3v) is 3.20. The molecule has 0 fully saturated rings. The van der Waals surface area contributed by atoms with E-state index in [-0.39, 0.29) is 5.76 Å². The Morgan fingerprint density at radius 3 is 2.88 bits per heavy atom. The number of nitrogens with zero attached hydrogens (tertiary/aromatic N) is 1. The molecule has 2 N–H and O–H groups in total. The first-order valence-electron chi connectivity index (χ1n) is 5.16. The third-order valence-electron chi connectivity index (χ3n) is 2.27. The van der Waals surface area contributed by atoms with Crippen molar-refractivity contribution in [3.63, 3.8) is 0 Å². The molecule has 0 aliphatic rings. The molecule has 0 saturated heterocycles. The maximum atomic E-state index is 10.6. The predicted molar refractivity (Wildman–Crippen MR) is 65.2 cm³/mol. The van der Waals surface area contributed by atoms with Crippen molar-refractivity contribution in [1.29, 1.82) is 0 Å². The number of hydrogen-bond donors (Lipinski definition) is 2. The highest BCUT2D eigenvalue weighted by Crippen LogP contribution is 2.26. The molecule has 17 heavy (non-hydrogen) atoms. The summed E-state index contributed by atoms with van der Waals surface area (Å²) in [5.74, 6) is -0.780. The molecule has 0 aliphatic heterocycles. The van der Waals surface area contributed by atoms with E-state index in [1.54, 1.807) is 6.07 Å². The van der Waals surface area contributed by atoms with Gasteiger partial charge in [0.25, 0.3) is 0 Å². The Hall–Kier alpha value is -1.82. The number of aromatic carboxylic acids is 1. The van der Waals surface area contributed by atoms with E-state index >= 15 is 0 Å². The van der Waals surface area contributed by atoms with E-state index < -0.39 is 5.97 Å². The number of anilines is 2. The largest absolute Gasteiger partial charge is 0.475 e. The molecule has 2 aromatic heterocycles. The summed E-state index contributed by atoms with van der Waals surface area (Å²) in [5, 5.41) is 12.4. The lowest BCUT2D eigenvalue weighted by atomic mass is 10.3. The summed E-state index contributed by atoms with van der Waals surface area (Å²) in [6.45, 7) is 4.05. The van der Waals surface area contributed by atoms with Gasteiger partial charge in [0, 0.05) is 10.9 Å². The monoisotopic (exact) mass is 252 g/mol. The minimum absolute atomic E-state index is 0.0866. The zero-order valence-electron chi connectivity index (χ0n) is 9.48. The topological polar surface area (TPSA) is 75.4 Å². The molecule has 0 spiro atoms. The molecule has 0 unspecified atom stereocenters. The second-order valence-corrected chi connectivity index (χ2v) is 4.67. The Bertz CT molecular complexity index is 545. The highest BCUT2D eigenvalue weighted by molar-refractivity contribution is 7.15. The van der Waals surface area contributed by atoms with Crippen molar-refractivity contribution in [1.82, 2.24) is 4.98 Å². The molecule has 0 saturated carbocycles. The highest BCUT2D eigenvalue weighted by Gasteiger charge is 2.11. The molecule has 6 heteroatoms. The van der Waals surface area contributed by atoms with Crippen LogP contribution in [0.1, 0.15) is 28.0 Å².